The Kier molecular flexibility index (Phi) is 6.10. The van der Waals surface area contributed by atoms with Crippen molar-refractivity contribution in [2.45, 2.75) is 57.6 Å². The summed E-state index contributed by atoms with van der Waals surface area (Å²) in [7, 11) is 0. The summed E-state index contributed by atoms with van der Waals surface area (Å²) < 4.78 is 0. The summed E-state index contributed by atoms with van der Waals surface area (Å²) in [6.07, 6.45) is 6.08. The van der Waals surface area contributed by atoms with E-state index in [0.29, 0.717) is 12.5 Å². The number of rotatable bonds is 5. The average molecular weight is 283 g/mol. The van der Waals surface area contributed by atoms with Crippen molar-refractivity contribution in [1.82, 2.24) is 15.5 Å². The Morgan fingerprint density at radius 1 is 1.25 bits per heavy atom. The van der Waals surface area contributed by atoms with Crippen LogP contribution in [0.2, 0.25) is 0 Å². The normalized spacial score (nSPS) is 29.1. The molecule has 1 heterocycles. The van der Waals surface area contributed by atoms with Crippen LogP contribution in [-0.2, 0) is 0 Å². The first-order chi connectivity index (χ1) is 9.65. The smallest absolute Gasteiger partial charge is 0.315 e. The van der Waals surface area contributed by atoms with Gasteiger partial charge in [-0.1, -0.05) is 19.8 Å². The van der Waals surface area contributed by atoms with E-state index in [1.54, 1.807) is 0 Å². The van der Waals surface area contributed by atoms with Crippen LogP contribution in [0.5, 0.6) is 0 Å². The van der Waals surface area contributed by atoms with Gasteiger partial charge in [0, 0.05) is 13.1 Å². The molecule has 0 spiro atoms. The summed E-state index contributed by atoms with van der Waals surface area (Å²) in [6, 6.07) is -0.207. The van der Waals surface area contributed by atoms with Crippen LogP contribution in [0.3, 0.4) is 0 Å². The number of hydrogen-bond acceptors (Lipinski definition) is 3. The van der Waals surface area contributed by atoms with Gasteiger partial charge in [0.25, 0.3) is 0 Å². The van der Waals surface area contributed by atoms with E-state index in [1.165, 1.54) is 25.9 Å². The number of hydrogen-bond donors (Lipinski definition) is 3. The molecule has 20 heavy (non-hydrogen) atoms. The highest BCUT2D eigenvalue weighted by Crippen LogP contribution is 2.18. The number of aliphatic hydroxyl groups excluding tert-OH is 1. The number of aliphatic hydroxyl groups is 1. The minimum atomic E-state index is -0.378. The van der Waals surface area contributed by atoms with Gasteiger partial charge in [-0.2, -0.15) is 0 Å². The molecule has 0 aromatic heterocycles. The van der Waals surface area contributed by atoms with Crippen molar-refractivity contribution >= 4 is 6.03 Å². The van der Waals surface area contributed by atoms with Gasteiger partial charge in [-0.05, 0) is 44.7 Å². The molecule has 0 bridgehead atoms. The molecular formula is C15H29N3O2. The molecule has 1 aliphatic carbocycles. The Hall–Kier alpha value is -0.810. The molecule has 2 amide bonds. The highest BCUT2D eigenvalue weighted by Gasteiger charge is 2.24. The number of amides is 2. The molecule has 5 nitrogen and oxygen atoms in total. The maximum atomic E-state index is 11.9. The predicted octanol–water partition coefficient (Wildman–Crippen LogP) is 1.32. The third-order valence-electron chi connectivity index (χ3n) is 4.43. The van der Waals surface area contributed by atoms with Crippen LogP contribution >= 0.6 is 0 Å². The van der Waals surface area contributed by atoms with Crippen molar-refractivity contribution in [3.05, 3.63) is 0 Å². The van der Waals surface area contributed by atoms with E-state index in [1.807, 2.05) is 0 Å². The molecule has 0 radical (unpaired) electrons. The molecule has 1 aliphatic heterocycles. The fourth-order valence-corrected chi connectivity index (χ4v) is 3.24. The van der Waals surface area contributed by atoms with E-state index in [4.69, 9.17) is 0 Å². The number of carbonyl (C=O) groups is 1. The second-order valence-corrected chi connectivity index (χ2v) is 6.43. The molecule has 3 N–H and O–H groups in total. The minimum Gasteiger partial charge on any atom is -0.391 e. The summed E-state index contributed by atoms with van der Waals surface area (Å²) in [5.41, 5.74) is 0. The van der Waals surface area contributed by atoms with Crippen LogP contribution in [0.1, 0.15) is 45.4 Å². The van der Waals surface area contributed by atoms with Gasteiger partial charge in [0.05, 0.1) is 12.1 Å². The van der Waals surface area contributed by atoms with Gasteiger partial charge in [0.15, 0.2) is 0 Å². The molecule has 2 rings (SSSR count). The Morgan fingerprint density at radius 2 is 1.95 bits per heavy atom. The highest BCUT2D eigenvalue weighted by atomic mass is 16.3. The second kappa shape index (κ2) is 7.84. The van der Waals surface area contributed by atoms with Crippen LogP contribution in [0, 0.1) is 5.92 Å². The summed E-state index contributed by atoms with van der Waals surface area (Å²) in [6.45, 7) is 6.33. The molecule has 5 heteroatoms. The van der Waals surface area contributed by atoms with E-state index >= 15 is 0 Å². The van der Waals surface area contributed by atoms with Crippen LogP contribution < -0.4 is 10.6 Å². The van der Waals surface area contributed by atoms with E-state index < -0.39 is 0 Å². The number of nitrogens with one attached hydrogen (secondary N) is 2. The first-order valence-corrected chi connectivity index (χ1v) is 8.10. The molecule has 2 aliphatic rings. The fourth-order valence-electron chi connectivity index (χ4n) is 3.24. The largest absolute Gasteiger partial charge is 0.391 e. The third-order valence-corrected chi connectivity index (χ3v) is 4.43. The Bertz CT molecular complexity index is 305. The maximum Gasteiger partial charge on any atom is 0.315 e. The van der Waals surface area contributed by atoms with Gasteiger partial charge in [-0.15, -0.1) is 0 Å². The highest BCUT2D eigenvalue weighted by molar-refractivity contribution is 5.74. The number of likely N-dealkylation sites (tertiary alicyclic amines) is 1. The lowest BCUT2D eigenvalue weighted by Gasteiger charge is -2.28. The summed E-state index contributed by atoms with van der Waals surface area (Å²) in [5.74, 6) is 0.468. The molecule has 1 saturated heterocycles. The van der Waals surface area contributed by atoms with Crippen LogP contribution in [-0.4, -0.2) is 54.4 Å². The first-order valence-electron chi connectivity index (χ1n) is 8.10. The average Bonchev–Trinajstić information content (AvgIpc) is 2.92. The van der Waals surface area contributed by atoms with Gasteiger partial charge in [0.2, 0.25) is 0 Å². The third kappa shape index (κ3) is 4.94. The maximum absolute atomic E-state index is 11.9. The lowest BCUT2D eigenvalue weighted by molar-refractivity contribution is 0.0942. The zero-order valence-corrected chi connectivity index (χ0v) is 12.6. The van der Waals surface area contributed by atoms with Crippen molar-refractivity contribution in [2.24, 2.45) is 5.92 Å². The molecular weight excluding hydrogens is 254 g/mol. The molecule has 2 fully saturated rings. The second-order valence-electron chi connectivity index (χ2n) is 6.43. The lowest BCUT2D eigenvalue weighted by Crippen LogP contribution is -2.50. The molecule has 0 aromatic rings. The quantitative estimate of drug-likeness (QED) is 0.713. The fraction of sp³-hybridized carbons (Fsp3) is 0.933. The van der Waals surface area contributed by atoms with Crippen molar-refractivity contribution < 1.29 is 9.90 Å². The van der Waals surface area contributed by atoms with Gasteiger partial charge in [-0.25, -0.2) is 4.79 Å². The molecule has 3 atom stereocenters. The van der Waals surface area contributed by atoms with E-state index in [-0.39, 0.29) is 18.2 Å². The summed E-state index contributed by atoms with van der Waals surface area (Å²) >= 11 is 0. The topological polar surface area (TPSA) is 64.6 Å². The molecule has 0 aromatic carbocycles. The van der Waals surface area contributed by atoms with E-state index in [2.05, 4.69) is 22.5 Å². The monoisotopic (exact) mass is 283 g/mol. The minimum absolute atomic E-state index is 0.0716. The summed E-state index contributed by atoms with van der Waals surface area (Å²) in [5, 5.41) is 15.7. The van der Waals surface area contributed by atoms with Gasteiger partial charge in [-0.3, -0.25) is 0 Å². The molecule has 1 saturated carbocycles. The van der Waals surface area contributed by atoms with Crippen molar-refractivity contribution in [3.63, 3.8) is 0 Å². The van der Waals surface area contributed by atoms with Crippen molar-refractivity contribution in [2.75, 3.05) is 26.2 Å². The number of nitrogens with zero attached hydrogens (tertiary/aromatic N) is 1. The van der Waals surface area contributed by atoms with E-state index in [9.17, 15) is 9.90 Å². The van der Waals surface area contributed by atoms with Crippen LogP contribution in [0.15, 0.2) is 0 Å². The SMILES string of the molecule is CC(CNC(=O)NC1CCCCC1O)CN1CCCC1. The van der Waals surface area contributed by atoms with Gasteiger partial charge < -0.3 is 20.6 Å². The predicted molar refractivity (Wildman–Crippen MR) is 79.6 cm³/mol. The lowest BCUT2D eigenvalue weighted by atomic mass is 9.93. The number of carbonyl (C=O) groups excluding carboxylic acids is 1. The molecule has 116 valence electrons. The Balaban J connectivity index is 1.61. The standard InChI is InChI=1S/C15H29N3O2/c1-12(11-18-8-4-5-9-18)10-16-15(20)17-13-6-2-3-7-14(13)19/h12-14,19H,2-11H2,1H3,(H2,16,17,20). The van der Waals surface area contributed by atoms with Gasteiger partial charge in [0.1, 0.15) is 0 Å². The van der Waals surface area contributed by atoms with Gasteiger partial charge >= 0.3 is 6.03 Å². The van der Waals surface area contributed by atoms with Crippen LogP contribution in [0.25, 0.3) is 0 Å². The van der Waals surface area contributed by atoms with Crippen molar-refractivity contribution in [1.29, 1.82) is 0 Å². The Morgan fingerprint density at radius 3 is 2.65 bits per heavy atom. The first kappa shape index (κ1) is 15.6. The number of urea groups is 1. The Labute approximate surface area is 122 Å². The van der Waals surface area contributed by atoms with E-state index in [0.717, 1.165) is 32.2 Å². The van der Waals surface area contributed by atoms with Crippen molar-refractivity contribution in [3.8, 4) is 0 Å². The van der Waals surface area contributed by atoms with Crippen LogP contribution in [0.4, 0.5) is 4.79 Å². The molecule has 3 unspecified atom stereocenters. The zero-order valence-electron chi connectivity index (χ0n) is 12.6. The zero-order chi connectivity index (χ0) is 14.4. The summed E-state index contributed by atoms with van der Waals surface area (Å²) in [4.78, 5) is 14.3.